The van der Waals surface area contributed by atoms with Crippen molar-refractivity contribution in [1.82, 2.24) is 0 Å². The zero-order valence-corrected chi connectivity index (χ0v) is 8.10. The number of rotatable bonds is 2. The van der Waals surface area contributed by atoms with Crippen LogP contribution in [0.3, 0.4) is 0 Å². The summed E-state index contributed by atoms with van der Waals surface area (Å²) >= 11 is 0. The quantitative estimate of drug-likeness (QED) is 0.545. The molecule has 0 spiro atoms. The van der Waals surface area contributed by atoms with Crippen LogP contribution in [-0.4, -0.2) is 22.9 Å². The minimum absolute atomic E-state index is 0.0405. The normalized spacial score (nSPS) is 10.6. The molecule has 1 heterocycles. The highest BCUT2D eigenvalue weighted by Crippen LogP contribution is 2.19. The summed E-state index contributed by atoms with van der Waals surface area (Å²) in [6, 6.07) is 6.51. The summed E-state index contributed by atoms with van der Waals surface area (Å²) in [4.78, 5) is 11.3. The lowest BCUT2D eigenvalue weighted by molar-refractivity contribution is 0.101. The van der Waals surface area contributed by atoms with E-state index in [2.05, 4.69) is 0 Å². The maximum absolute atomic E-state index is 11.3. The summed E-state index contributed by atoms with van der Waals surface area (Å²) in [5.74, 6) is -0.0830. The maximum atomic E-state index is 11.3. The molecule has 4 nitrogen and oxygen atoms in total. The Hall–Kier alpha value is -1.59. The lowest BCUT2D eigenvalue weighted by Gasteiger charge is -1.95. The second-order valence-corrected chi connectivity index (χ2v) is 3.30. The van der Waals surface area contributed by atoms with Crippen molar-refractivity contribution >= 4 is 29.5 Å². The molecule has 0 fully saturated rings. The highest BCUT2D eigenvalue weighted by molar-refractivity contribution is 6.57. The number of benzene rings is 1. The Bertz CT molecular complexity index is 515. The Kier molecular flexibility index (Phi) is 2.34. The van der Waals surface area contributed by atoms with E-state index < -0.39 is 7.12 Å². The topological polar surface area (TPSA) is 70.7 Å². The van der Waals surface area contributed by atoms with Crippen LogP contribution < -0.4 is 5.66 Å². The van der Waals surface area contributed by atoms with E-state index in [0.29, 0.717) is 16.5 Å². The van der Waals surface area contributed by atoms with E-state index in [9.17, 15) is 4.79 Å². The molecule has 0 atom stereocenters. The van der Waals surface area contributed by atoms with Gasteiger partial charge in [-0.2, -0.15) is 0 Å². The third-order valence-electron chi connectivity index (χ3n) is 2.21. The fourth-order valence-corrected chi connectivity index (χ4v) is 1.51. The molecule has 0 saturated heterocycles. The minimum Gasteiger partial charge on any atom is -0.465 e. The van der Waals surface area contributed by atoms with E-state index in [-0.39, 0.29) is 11.4 Å². The molecule has 0 aliphatic rings. The average molecular weight is 204 g/mol. The summed E-state index contributed by atoms with van der Waals surface area (Å²) in [6.07, 6.45) is 0. The molecule has 15 heavy (non-hydrogen) atoms. The van der Waals surface area contributed by atoms with Crippen molar-refractivity contribution in [1.29, 1.82) is 0 Å². The van der Waals surface area contributed by atoms with Crippen LogP contribution in [0.25, 0.3) is 11.0 Å². The summed E-state index contributed by atoms with van der Waals surface area (Å²) in [7, 11) is -1.66. The molecule has 2 aromatic rings. The van der Waals surface area contributed by atoms with Gasteiger partial charge < -0.3 is 14.5 Å². The van der Waals surface area contributed by atoms with Crippen molar-refractivity contribution in [3.8, 4) is 0 Å². The molecule has 0 unspecified atom stereocenters. The SMILES string of the molecule is CC(=O)c1cccc2oc(B(O)O)cc12. The molecular weight excluding hydrogens is 195 g/mol. The monoisotopic (exact) mass is 204 g/mol. The third kappa shape index (κ3) is 1.67. The number of ketones is 1. The fraction of sp³-hybridized carbons (Fsp3) is 0.100. The van der Waals surface area contributed by atoms with Crippen molar-refractivity contribution in [3.05, 3.63) is 29.8 Å². The van der Waals surface area contributed by atoms with E-state index in [1.54, 1.807) is 18.2 Å². The van der Waals surface area contributed by atoms with E-state index in [1.165, 1.54) is 13.0 Å². The summed E-state index contributed by atoms with van der Waals surface area (Å²) in [6.45, 7) is 1.46. The molecular formula is C10H9BO4. The Morgan fingerprint density at radius 3 is 2.73 bits per heavy atom. The first kappa shape index (κ1) is 9.95. The minimum atomic E-state index is -1.66. The lowest BCUT2D eigenvalue weighted by Crippen LogP contribution is -2.27. The number of Topliss-reactive ketones (excluding diaryl/α,β-unsaturated/α-hetero) is 1. The predicted molar refractivity (Wildman–Crippen MR) is 56.0 cm³/mol. The Balaban J connectivity index is 2.70. The van der Waals surface area contributed by atoms with Gasteiger partial charge in [0.2, 0.25) is 0 Å². The molecule has 76 valence electrons. The van der Waals surface area contributed by atoms with Gasteiger partial charge in [0.05, 0.1) is 0 Å². The van der Waals surface area contributed by atoms with Crippen molar-refractivity contribution in [2.45, 2.75) is 6.92 Å². The largest absolute Gasteiger partial charge is 0.526 e. The van der Waals surface area contributed by atoms with Gasteiger partial charge in [-0.15, -0.1) is 0 Å². The van der Waals surface area contributed by atoms with Gasteiger partial charge in [0.25, 0.3) is 0 Å². The van der Waals surface area contributed by atoms with Gasteiger partial charge >= 0.3 is 7.12 Å². The highest BCUT2D eigenvalue weighted by Gasteiger charge is 2.18. The third-order valence-corrected chi connectivity index (χ3v) is 2.21. The van der Waals surface area contributed by atoms with Gasteiger partial charge in [-0.3, -0.25) is 4.79 Å². The van der Waals surface area contributed by atoms with E-state index >= 15 is 0 Å². The summed E-state index contributed by atoms with van der Waals surface area (Å²) < 4.78 is 5.17. The van der Waals surface area contributed by atoms with Crippen LogP contribution in [0, 0.1) is 0 Å². The first-order valence-electron chi connectivity index (χ1n) is 4.49. The molecule has 1 aromatic heterocycles. The van der Waals surface area contributed by atoms with Crippen molar-refractivity contribution in [2.24, 2.45) is 0 Å². The van der Waals surface area contributed by atoms with E-state index in [0.717, 1.165) is 0 Å². The fourth-order valence-electron chi connectivity index (χ4n) is 1.51. The number of furan rings is 1. The molecule has 0 radical (unpaired) electrons. The van der Waals surface area contributed by atoms with Crippen LogP contribution in [0.4, 0.5) is 0 Å². The second kappa shape index (κ2) is 3.53. The number of carbonyl (C=O) groups excluding carboxylic acids is 1. The second-order valence-electron chi connectivity index (χ2n) is 3.30. The first-order chi connectivity index (χ1) is 7.09. The molecule has 0 amide bonds. The number of hydrogen-bond donors (Lipinski definition) is 2. The molecule has 0 bridgehead atoms. The maximum Gasteiger partial charge on any atom is 0.526 e. The van der Waals surface area contributed by atoms with Crippen molar-refractivity contribution < 1.29 is 19.3 Å². The predicted octanol–water partition coefficient (Wildman–Crippen LogP) is 0.315. The lowest BCUT2D eigenvalue weighted by atomic mass is 9.87. The zero-order valence-electron chi connectivity index (χ0n) is 8.10. The van der Waals surface area contributed by atoms with Crippen molar-refractivity contribution in [3.63, 3.8) is 0 Å². The van der Waals surface area contributed by atoms with Crippen LogP contribution >= 0.6 is 0 Å². The smallest absolute Gasteiger partial charge is 0.465 e. The number of hydrogen-bond acceptors (Lipinski definition) is 4. The molecule has 0 saturated carbocycles. The zero-order chi connectivity index (χ0) is 11.0. The average Bonchev–Trinajstić information content (AvgIpc) is 2.60. The molecule has 0 aliphatic heterocycles. The number of carbonyl (C=O) groups is 1. The van der Waals surface area contributed by atoms with Gasteiger partial charge in [-0.25, -0.2) is 0 Å². The summed E-state index contributed by atoms with van der Waals surface area (Å²) in [5.41, 5.74) is 1.03. The van der Waals surface area contributed by atoms with Gasteiger partial charge in [-0.1, -0.05) is 12.1 Å². The van der Waals surface area contributed by atoms with E-state index in [4.69, 9.17) is 14.5 Å². The van der Waals surface area contributed by atoms with Crippen molar-refractivity contribution in [2.75, 3.05) is 0 Å². The van der Waals surface area contributed by atoms with Gasteiger partial charge in [0, 0.05) is 10.9 Å². The number of fused-ring (bicyclic) bond motifs is 1. The Morgan fingerprint density at radius 1 is 1.40 bits per heavy atom. The molecule has 0 aliphatic carbocycles. The van der Waals surface area contributed by atoms with Gasteiger partial charge in [0.15, 0.2) is 5.78 Å². The van der Waals surface area contributed by atoms with Crippen LogP contribution in [0.2, 0.25) is 0 Å². The van der Waals surface area contributed by atoms with Crippen LogP contribution in [-0.2, 0) is 0 Å². The first-order valence-corrected chi connectivity index (χ1v) is 4.49. The Labute approximate surface area is 86.3 Å². The summed E-state index contributed by atoms with van der Waals surface area (Å²) in [5, 5.41) is 18.5. The van der Waals surface area contributed by atoms with Gasteiger partial charge in [-0.05, 0) is 19.1 Å². The molecule has 1 aromatic carbocycles. The highest BCUT2D eigenvalue weighted by atomic mass is 16.4. The van der Waals surface area contributed by atoms with Crippen LogP contribution in [0.15, 0.2) is 28.7 Å². The Morgan fingerprint density at radius 2 is 2.13 bits per heavy atom. The van der Waals surface area contributed by atoms with Gasteiger partial charge in [0.1, 0.15) is 11.2 Å². The van der Waals surface area contributed by atoms with Crippen LogP contribution in [0.1, 0.15) is 17.3 Å². The standard InChI is InChI=1S/C10H9BO4/c1-6(12)7-3-2-4-9-8(7)5-10(15-9)11(13)14/h2-5,13-14H,1H3. The molecule has 5 heteroatoms. The van der Waals surface area contributed by atoms with E-state index in [1.807, 2.05) is 0 Å². The van der Waals surface area contributed by atoms with Crippen LogP contribution in [0.5, 0.6) is 0 Å². The molecule has 2 rings (SSSR count). The molecule has 2 N–H and O–H groups in total.